The second-order valence-corrected chi connectivity index (χ2v) is 2.70. The molecule has 0 aliphatic heterocycles. The van der Waals surface area contributed by atoms with E-state index >= 15 is 0 Å². The lowest BCUT2D eigenvalue weighted by Gasteiger charge is -2.00. The number of carbonyl (C=O) groups excluding carboxylic acids is 1. The molecule has 0 radical (unpaired) electrons. The molecule has 0 saturated carbocycles. The molecule has 86 valence electrons. The summed E-state index contributed by atoms with van der Waals surface area (Å²) in [6.07, 6.45) is 4.24. The van der Waals surface area contributed by atoms with Crippen LogP contribution in [0.15, 0.2) is 18.5 Å². The van der Waals surface area contributed by atoms with E-state index in [1.807, 2.05) is 0 Å². The van der Waals surface area contributed by atoms with Crippen molar-refractivity contribution in [1.29, 1.82) is 0 Å². The second-order valence-electron chi connectivity index (χ2n) is 2.70. The van der Waals surface area contributed by atoms with Crippen molar-refractivity contribution in [1.82, 2.24) is 4.98 Å². The van der Waals surface area contributed by atoms with Gasteiger partial charge in [0.1, 0.15) is 0 Å². The van der Waals surface area contributed by atoms with Crippen molar-refractivity contribution in [3.05, 3.63) is 24.0 Å². The number of methoxy groups -OCH3 is 1. The lowest BCUT2D eigenvalue weighted by Crippen LogP contribution is -2.02. The van der Waals surface area contributed by atoms with Crippen LogP contribution in [-0.2, 0) is 16.0 Å². The molecule has 0 aliphatic carbocycles. The number of aryl methyl sites for hydroxylation is 1. The van der Waals surface area contributed by atoms with Crippen molar-refractivity contribution in [2.24, 2.45) is 0 Å². The molecular formula is C9H14Cl2N2O2. The van der Waals surface area contributed by atoms with Gasteiger partial charge in [-0.2, -0.15) is 0 Å². The van der Waals surface area contributed by atoms with Crippen LogP contribution < -0.4 is 5.73 Å². The molecule has 0 aliphatic rings. The number of anilines is 1. The quantitative estimate of drug-likeness (QED) is 0.831. The molecule has 4 nitrogen and oxygen atoms in total. The first-order valence-electron chi connectivity index (χ1n) is 3.98. The van der Waals surface area contributed by atoms with Gasteiger partial charge in [0.15, 0.2) is 0 Å². The molecule has 1 aromatic rings. The first-order valence-corrected chi connectivity index (χ1v) is 3.98. The fourth-order valence-corrected chi connectivity index (χ4v) is 0.993. The Labute approximate surface area is 101 Å². The Balaban J connectivity index is 0. The number of hydrogen-bond donors (Lipinski definition) is 1. The van der Waals surface area contributed by atoms with E-state index in [1.54, 1.807) is 18.5 Å². The van der Waals surface area contributed by atoms with E-state index in [2.05, 4.69) is 9.72 Å². The molecule has 0 aromatic carbocycles. The highest BCUT2D eigenvalue weighted by atomic mass is 35.5. The van der Waals surface area contributed by atoms with Crippen LogP contribution in [0.25, 0.3) is 0 Å². The predicted molar refractivity (Wildman–Crippen MR) is 63.5 cm³/mol. The maximum atomic E-state index is 10.8. The predicted octanol–water partition coefficient (Wildman–Crippen LogP) is 1.61. The fraction of sp³-hybridized carbons (Fsp3) is 0.333. The van der Waals surface area contributed by atoms with Crippen LogP contribution in [0.1, 0.15) is 12.0 Å². The van der Waals surface area contributed by atoms with Gasteiger partial charge in [-0.05, 0) is 18.1 Å². The molecule has 2 N–H and O–H groups in total. The fourth-order valence-electron chi connectivity index (χ4n) is 0.993. The van der Waals surface area contributed by atoms with E-state index in [9.17, 15) is 4.79 Å². The molecule has 1 aromatic heterocycles. The molecule has 0 unspecified atom stereocenters. The van der Waals surface area contributed by atoms with Crippen molar-refractivity contribution in [3.8, 4) is 0 Å². The Morgan fingerprint density at radius 1 is 1.47 bits per heavy atom. The van der Waals surface area contributed by atoms with Gasteiger partial charge >= 0.3 is 5.97 Å². The summed E-state index contributed by atoms with van der Waals surface area (Å²) in [5.41, 5.74) is 7.08. The number of halogens is 2. The van der Waals surface area contributed by atoms with Crippen LogP contribution in [0.4, 0.5) is 5.69 Å². The molecule has 6 heteroatoms. The number of nitrogen functional groups attached to an aromatic ring is 1. The summed E-state index contributed by atoms with van der Waals surface area (Å²) < 4.78 is 4.51. The monoisotopic (exact) mass is 252 g/mol. The first-order chi connectivity index (χ1) is 6.22. The summed E-state index contributed by atoms with van der Waals surface area (Å²) >= 11 is 0. The normalized spacial score (nSPS) is 8.33. The van der Waals surface area contributed by atoms with E-state index in [1.165, 1.54) is 7.11 Å². The molecule has 0 saturated heterocycles. The number of hydrogen-bond acceptors (Lipinski definition) is 4. The summed E-state index contributed by atoms with van der Waals surface area (Å²) in [5, 5.41) is 0. The van der Waals surface area contributed by atoms with Gasteiger partial charge in [0.25, 0.3) is 0 Å². The Morgan fingerprint density at radius 3 is 2.67 bits per heavy atom. The highest BCUT2D eigenvalue weighted by Crippen LogP contribution is 2.06. The van der Waals surface area contributed by atoms with Crippen molar-refractivity contribution in [2.75, 3.05) is 12.8 Å². The van der Waals surface area contributed by atoms with Crippen molar-refractivity contribution >= 4 is 36.5 Å². The molecule has 1 heterocycles. The van der Waals surface area contributed by atoms with E-state index in [4.69, 9.17) is 5.73 Å². The number of nitrogens with zero attached hydrogens (tertiary/aromatic N) is 1. The van der Waals surface area contributed by atoms with Gasteiger partial charge in [-0.25, -0.2) is 0 Å². The van der Waals surface area contributed by atoms with Crippen LogP contribution in [0.3, 0.4) is 0 Å². The SMILES string of the molecule is COC(=O)CCc1cncc(N)c1.Cl.Cl. The van der Waals surface area contributed by atoms with Gasteiger partial charge < -0.3 is 10.5 Å². The number of nitrogens with two attached hydrogens (primary N) is 1. The molecule has 0 amide bonds. The third-order valence-corrected chi connectivity index (χ3v) is 1.66. The maximum absolute atomic E-state index is 10.8. The Kier molecular flexibility index (Phi) is 9.11. The topological polar surface area (TPSA) is 65.2 Å². The number of ether oxygens (including phenoxy) is 1. The first kappa shape index (κ1) is 16.4. The molecule has 0 bridgehead atoms. The zero-order chi connectivity index (χ0) is 9.68. The van der Waals surface area contributed by atoms with Crippen LogP contribution in [0.2, 0.25) is 0 Å². The Bertz CT molecular complexity index is 308. The van der Waals surface area contributed by atoms with Crippen molar-refractivity contribution in [3.63, 3.8) is 0 Å². The summed E-state index contributed by atoms with van der Waals surface area (Å²) in [7, 11) is 1.37. The van der Waals surface area contributed by atoms with Gasteiger partial charge in [0.05, 0.1) is 12.8 Å². The number of pyridine rings is 1. The largest absolute Gasteiger partial charge is 0.469 e. The smallest absolute Gasteiger partial charge is 0.305 e. The van der Waals surface area contributed by atoms with Gasteiger partial charge in [-0.15, -0.1) is 24.8 Å². The lowest BCUT2D eigenvalue weighted by molar-refractivity contribution is -0.140. The van der Waals surface area contributed by atoms with Crippen LogP contribution in [-0.4, -0.2) is 18.1 Å². The van der Waals surface area contributed by atoms with Crippen LogP contribution in [0.5, 0.6) is 0 Å². The lowest BCUT2D eigenvalue weighted by atomic mass is 10.1. The van der Waals surface area contributed by atoms with Gasteiger partial charge in [0.2, 0.25) is 0 Å². The molecule has 1 rings (SSSR count). The van der Waals surface area contributed by atoms with E-state index in [0.29, 0.717) is 18.5 Å². The van der Waals surface area contributed by atoms with Gasteiger partial charge in [-0.3, -0.25) is 9.78 Å². The van der Waals surface area contributed by atoms with Crippen LogP contribution >= 0.6 is 24.8 Å². The summed E-state index contributed by atoms with van der Waals surface area (Å²) in [5.74, 6) is -0.220. The third-order valence-electron chi connectivity index (χ3n) is 1.66. The van der Waals surface area contributed by atoms with E-state index < -0.39 is 0 Å². The Morgan fingerprint density at radius 2 is 2.13 bits per heavy atom. The number of esters is 1. The van der Waals surface area contributed by atoms with Gasteiger partial charge in [0, 0.05) is 18.8 Å². The zero-order valence-corrected chi connectivity index (χ0v) is 9.94. The number of carbonyl (C=O) groups is 1. The van der Waals surface area contributed by atoms with Crippen LogP contribution in [0, 0.1) is 0 Å². The van der Waals surface area contributed by atoms with E-state index in [0.717, 1.165) is 5.56 Å². The highest BCUT2D eigenvalue weighted by molar-refractivity contribution is 5.85. The zero-order valence-electron chi connectivity index (χ0n) is 8.30. The van der Waals surface area contributed by atoms with Crippen molar-refractivity contribution < 1.29 is 9.53 Å². The average molecular weight is 253 g/mol. The molecule has 0 atom stereocenters. The minimum Gasteiger partial charge on any atom is -0.469 e. The Hall–Kier alpha value is -1.00. The molecule has 15 heavy (non-hydrogen) atoms. The summed E-state index contributed by atoms with van der Waals surface area (Å²) in [6, 6.07) is 1.80. The number of aromatic nitrogens is 1. The maximum Gasteiger partial charge on any atom is 0.305 e. The summed E-state index contributed by atoms with van der Waals surface area (Å²) in [6.45, 7) is 0. The average Bonchev–Trinajstić information content (AvgIpc) is 2.14. The summed E-state index contributed by atoms with van der Waals surface area (Å²) in [4.78, 5) is 14.7. The van der Waals surface area contributed by atoms with Gasteiger partial charge in [-0.1, -0.05) is 0 Å². The second kappa shape index (κ2) is 8.32. The van der Waals surface area contributed by atoms with Crippen molar-refractivity contribution in [2.45, 2.75) is 12.8 Å². The third kappa shape index (κ3) is 6.14. The minimum atomic E-state index is -0.220. The molecule has 0 fully saturated rings. The highest BCUT2D eigenvalue weighted by Gasteiger charge is 2.01. The standard InChI is InChI=1S/C9H12N2O2.2ClH/c1-13-9(12)3-2-7-4-8(10)6-11-5-7;;/h4-6H,2-3,10H2,1H3;2*1H. The van der Waals surface area contributed by atoms with E-state index in [-0.39, 0.29) is 30.8 Å². The molecular weight excluding hydrogens is 239 g/mol. The minimum absolute atomic E-state index is 0. The number of rotatable bonds is 3. The molecule has 0 spiro atoms.